The number of hydrogen-bond acceptors (Lipinski definition) is 7. The van der Waals surface area contributed by atoms with Gasteiger partial charge in [0.1, 0.15) is 18.2 Å². The molecule has 3 atom stereocenters. The molecule has 8 nitrogen and oxygen atoms in total. The van der Waals surface area contributed by atoms with Crippen molar-refractivity contribution in [1.82, 2.24) is 19.4 Å². The first-order valence-corrected chi connectivity index (χ1v) is 14.4. The van der Waals surface area contributed by atoms with E-state index in [-0.39, 0.29) is 24.2 Å². The fourth-order valence-corrected chi connectivity index (χ4v) is 5.56. The molecule has 42 heavy (non-hydrogen) atoms. The fraction of sp³-hybridized carbons (Fsp3) is 0.364. The minimum atomic E-state index is -0.521. The van der Waals surface area contributed by atoms with Gasteiger partial charge in [0.25, 0.3) is 0 Å². The van der Waals surface area contributed by atoms with Crippen molar-refractivity contribution in [2.45, 2.75) is 64.6 Å². The Labute approximate surface area is 244 Å². The molecular formula is C33H34FN5O3. The number of aliphatic hydroxyl groups is 1. The van der Waals surface area contributed by atoms with Gasteiger partial charge in [-0.1, -0.05) is 38.1 Å². The maximum Gasteiger partial charge on any atom is 0.214 e. The Kier molecular flexibility index (Phi) is 8.02. The SMILES string of the molecule is CCN(Cc1ccc2ccc(OCc3ccc(C#N)cc3F)nc2c1)Cc1nc2c(n1C[C@@H]1CCO1)C(C)C(O)C=C2. The Bertz CT molecular complexity index is 1670. The Balaban J connectivity index is 1.19. The van der Waals surface area contributed by atoms with Crippen LogP contribution in [0.1, 0.15) is 60.1 Å². The summed E-state index contributed by atoms with van der Waals surface area (Å²) in [6.45, 7) is 7.96. The van der Waals surface area contributed by atoms with E-state index in [1.54, 1.807) is 18.2 Å². The number of aliphatic hydroxyl groups excluding tert-OH is 1. The van der Waals surface area contributed by atoms with Gasteiger partial charge in [0.15, 0.2) is 0 Å². The summed E-state index contributed by atoms with van der Waals surface area (Å²) in [6, 6.07) is 16.2. The molecule has 2 aromatic carbocycles. The number of pyridine rings is 1. The monoisotopic (exact) mass is 567 g/mol. The first kappa shape index (κ1) is 28.0. The third-order valence-electron chi connectivity index (χ3n) is 8.20. The normalized spacial score (nSPS) is 19.5. The van der Waals surface area contributed by atoms with Crippen molar-refractivity contribution in [1.29, 1.82) is 5.26 Å². The minimum absolute atomic E-state index is 0.0205. The van der Waals surface area contributed by atoms with Gasteiger partial charge in [-0.2, -0.15) is 5.26 Å². The number of nitriles is 1. The van der Waals surface area contributed by atoms with Crippen LogP contribution in [0, 0.1) is 17.1 Å². The number of ether oxygens (including phenoxy) is 2. The highest BCUT2D eigenvalue weighted by Gasteiger charge is 2.30. The quantitative estimate of drug-likeness (QED) is 0.277. The third-order valence-corrected chi connectivity index (χ3v) is 8.20. The largest absolute Gasteiger partial charge is 0.473 e. The summed E-state index contributed by atoms with van der Waals surface area (Å²) in [5.41, 5.74) is 4.56. The summed E-state index contributed by atoms with van der Waals surface area (Å²) in [5.74, 6) is 0.886. The van der Waals surface area contributed by atoms with Gasteiger partial charge >= 0.3 is 0 Å². The molecule has 0 saturated carbocycles. The summed E-state index contributed by atoms with van der Waals surface area (Å²) >= 11 is 0. The van der Waals surface area contributed by atoms with Crippen molar-refractivity contribution >= 4 is 17.0 Å². The van der Waals surface area contributed by atoms with Gasteiger partial charge in [0.2, 0.25) is 5.88 Å². The standard InChI is InChI=1S/C33H34FN5O3/c1-3-38(19-31-36-28-9-10-30(40)21(2)33(28)39(31)18-26-12-13-41-26)17-23-5-6-24-8-11-32(37-29(24)15-23)42-20-25-7-4-22(16-35)14-27(25)34/h4-11,14-15,21,26,30,40H,3,12-13,17-20H2,1-2H3/t21?,26-,30?/m0/s1. The average Bonchev–Trinajstić information content (AvgIpc) is 3.32. The number of halogens is 1. The second-order valence-corrected chi connectivity index (χ2v) is 11.0. The Morgan fingerprint density at radius 3 is 2.74 bits per heavy atom. The van der Waals surface area contributed by atoms with Gasteiger partial charge in [-0.3, -0.25) is 4.90 Å². The summed E-state index contributed by atoms with van der Waals surface area (Å²) in [7, 11) is 0. The summed E-state index contributed by atoms with van der Waals surface area (Å²) in [4.78, 5) is 12.0. The lowest BCUT2D eigenvalue weighted by Crippen LogP contribution is -2.34. The number of rotatable bonds is 10. The van der Waals surface area contributed by atoms with E-state index < -0.39 is 11.9 Å². The molecule has 6 rings (SSSR count). The predicted octanol–water partition coefficient (Wildman–Crippen LogP) is 5.32. The van der Waals surface area contributed by atoms with E-state index in [1.165, 1.54) is 6.07 Å². The minimum Gasteiger partial charge on any atom is -0.473 e. The smallest absolute Gasteiger partial charge is 0.214 e. The molecule has 0 amide bonds. The molecular weight excluding hydrogens is 533 g/mol. The third kappa shape index (κ3) is 5.79. The van der Waals surface area contributed by atoms with Crippen molar-refractivity contribution in [2.24, 2.45) is 0 Å². The van der Waals surface area contributed by atoms with Gasteiger partial charge < -0.3 is 19.1 Å². The number of benzene rings is 2. The molecule has 1 aliphatic carbocycles. The Morgan fingerprint density at radius 2 is 2.00 bits per heavy atom. The highest BCUT2D eigenvalue weighted by Crippen LogP contribution is 2.32. The van der Waals surface area contributed by atoms with Gasteiger partial charge in [-0.15, -0.1) is 0 Å². The molecule has 1 fully saturated rings. The number of hydrogen-bond donors (Lipinski definition) is 1. The zero-order valence-corrected chi connectivity index (χ0v) is 23.8. The van der Waals surface area contributed by atoms with E-state index in [0.717, 1.165) is 59.8 Å². The van der Waals surface area contributed by atoms with Crippen LogP contribution in [0.5, 0.6) is 5.88 Å². The van der Waals surface area contributed by atoms with Crippen LogP contribution in [0.25, 0.3) is 17.0 Å². The number of nitrogens with zero attached hydrogens (tertiary/aromatic N) is 5. The molecule has 0 bridgehead atoms. The highest BCUT2D eigenvalue weighted by atomic mass is 19.1. The van der Waals surface area contributed by atoms with Gasteiger partial charge in [-0.25, -0.2) is 14.4 Å². The van der Waals surface area contributed by atoms with Crippen molar-refractivity contribution < 1.29 is 19.0 Å². The Hall–Kier alpha value is -4.10. The van der Waals surface area contributed by atoms with Crippen molar-refractivity contribution in [2.75, 3.05) is 13.2 Å². The van der Waals surface area contributed by atoms with Crippen LogP contribution in [-0.4, -0.2) is 49.9 Å². The first-order chi connectivity index (χ1) is 20.4. The predicted molar refractivity (Wildman–Crippen MR) is 157 cm³/mol. The second kappa shape index (κ2) is 12.0. The van der Waals surface area contributed by atoms with Gasteiger partial charge in [-0.05, 0) is 48.9 Å². The molecule has 216 valence electrons. The van der Waals surface area contributed by atoms with E-state index in [0.29, 0.717) is 24.5 Å². The number of fused-ring (bicyclic) bond motifs is 2. The van der Waals surface area contributed by atoms with Crippen LogP contribution in [0.15, 0.2) is 54.6 Å². The van der Waals surface area contributed by atoms with Crippen LogP contribution >= 0.6 is 0 Å². The molecule has 1 N–H and O–H groups in total. The lowest BCUT2D eigenvalue weighted by molar-refractivity contribution is -0.0603. The van der Waals surface area contributed by atoms with Crippen LogP contribution in [0.3, 0.4) is 0 Å². The molecule has 3 heterocycles. The van der Waals surface area contributed by atoms with E-state index in [1.807, 2.05) is 24.3 Å². The van der Waals surface area contributed by atoms with Crippen LogP contribution < -0.4 is 4.74 Å². The van der Waals surface area contributed by atoms with E-state index in [9.17, 15) is 9.50 Å². The van der Waals surface area contributed by atoms with Gasteiger partial charge in [0, 0.05) is 36.1 Å². The molecule has 0 radical (unpaired) electrons. The first-order valence-electron chi connectivity index (χ1n) is 14.4. The van der Waals surface area contributed by atoms with Crippen molar-refractivity contribution in [3.8, 4) is 11.9 Å². The molecule has 1 saturated heterocycles. The lowest BCUT2D eigenvalue weighted by Gasteiger charge is -2.30. The maximum absolute atomic E-state index is 14.3. The summed E-state index contributed by atoms with van der Waals surface area (Å²) in [5, 5.41) is 20.4. The molecule has 9 heteroatoms. The molecule has 1 aliphatic heterocycles. The fourth-order valence-electron chi connectivity index (χ4n) is 5.56. The van der Waals surface area contributed by atoms with E-state index in [4.69, 9.17) is 19.7 Å². The topological polar surface area (TPSA) is 96.4 Å². The maximum atomic E-state index is 14.3. The number of imidazole rings is 1. The lowest BCUT2D eigenvalue weighted by atomic mass is 9.93. The van der Waals surface area contributed by atoms with Crippen LogP contribution in [-0.2, 0) is 31.0 Å². The summed E-state index contributed by atoms with van der Waals surface area (Å²) in [6.07, 6.45) is 4.46. The van der Waals surface area contributed by atoms with Crippen LogP contribution in [0.4, 0.5) is 4.39 Å². The van der Waals surface area contributed by atoms with Gasteiger partial charge in [0.05, 0.1) is 53.8 Å². The molecule has 2 aliphatic rings. The molecule has 2 unspecified atom stereocenters. The van der Waals surface area contributed by atoms with Crippen LogP contribution in [0.2, 0.25) is 0 Å². The Morgan fingerprint density at radius 1 is 1.17 bits per heavy atom. The zero-order valence-electron chi connectivity index (χ0n) is 23.8. The molecule has 4 aromatic rings. The number of aromatic nitrogens is 3. The van der Waals surface area contributed by atoms with Crippen molar-refractivity contribution in [3.05, 3.63) is 94.3 Å². The highest BCUT2D eigenvalue weighted by molar-refractivity contribution is 5.79. The zero-order chi connectivity index (χ0) is 29.2. The molecule has 2 aromatic heterocycles. The molecule has 0 spiro atoms. The average molecular weight is 568 g/mol. The van der Waals surface area contributed by atoms with E-state index in [2.05, 4.69) is 46.5 Å². The van der Waals surface area contributed by atoms with Crippen molar-refractivity contribution in [3.63, 3.8) is 0 Å². The van der Waals surface area contributed by atoms with E-state index >= 15 is 0 Å². The summed E-state index contributed by atoms with van der Waals surface area (Å²) < 4.78 is 28.1. The second-order valence-electron chi connectivity index (χ2n) is 11.0.